The molecule has 3 heterocycles. The first-order valence-corrected chi connectivity index (χ1v) is 13.8. The van der Waals surface area contributed by atoms with Gasteiger partial charge in [0.25, 0.3) is 0 Å². The summed E-state index contributed by atoms with van der Waals surface area (Å²) < 4.78 is 1.18. The SMILES string of the molecule is O=C([C@@H]1C[NH2+]C[C@]12C[NH2+]Cc1c(Br)cccc12)N1CC[C@@H](c2ccccc2)C[C@H]1c1ccccc1. The molecule has 35 heavy (non-hydrogen) atoms. The summed E-state index contributed by atoms with van der Waals surface area (Å²) in [5, 5.41) is 4.78. The smallest absolute Gasteiger partial charge is 0.233 e. The zero-order valence-electron chi connectivity index (χ0n) is 20.1. The van der Waals surface area contributed by atoms with Gasteiger partial charge in [-0.05, 0) is 41.5 Å². The van der Waals surface area contributed by atoms with Crippen LogP contribution < -0.4 is 10.6 Å². The second-order valence-electron chi connectivity index (χ2n) is 10.5. The summed E-state index contributed by atoms with van der Waals surface area (Å²) in [4.78, 5) is 16.7. The van der Waals surface area contributed by atoms with Gasteiger partial charge in [-0.3, -0.25) is 4.79 Å². The third-order valence-corrected chi connectivity index (χ3v) is 9.47. The summed E-state index contributed by atoms with van der Waals surface area (Å²) in [5.41, 5.74) is 5.31. The van der Waals surface area contributed by atoms with Gasteiger partial charge in [0, 0.05) is 16.6 Å². The zero-order chi connectivity index (χ0) is 23.8. The van der Waals surface area contributed by atoms with Crippen molar-refractivity contribution in [1.29, 1.82) is 0 Å². The molecule has 4 nitrogen and oxygen atoms in total. The largest absolute Gasteiger partial charge is 0.345 e. The van der Waals surface area contributed by atoms with Gasteiger partial charge in [-0.1, -0.05) is 88.7 Å². The number of likely N-dealkylation sites (tertiary alicyclic amines) is 1. The van der Waals surface area contributed by atoms with Crippen LogP contribution in [0, 0.1) is 5.92 Å². The van der Waals surface area contributed by atoms with E-state index in [1.54, 1.807) is 0 Å². The van der Waals surface area contributed by atoms with Crippen LogP contribution >= 0.6 is 15.9 Å². The van der Waals surface area contributed by atoms with Gasteiger partial charge in [0.2, 0.25) is 5.91 Å². The van der Waals surface area contributed by atoms with E-state index in [0.29, 0.717) is 11.8 Å². The van der Waals surface area contributed by atoms with Crippen molar-refractivity contribution in [3.05, 3.63) is 106 Å². The summed E-state index contributed by atoms with van der Waals surface area (Å²) >= 11 is 3.79. The molecule has 4 N–H and O–H groups in total. The van der Waals surface area contributed by atoms with E-state index < -0.39 is 0 Å². The normalized spacial score (nSPS) is 28.1. The number of fused-ring (bicyclic) bond motifs is 2. The lowest BCUT2D eigenvalue weighted by Gasteiger charge is -2.43. The molecule has 1 amide bonds. The number of carbonyl (C=O) groups excluding carboxylic acids is 1. The molecule has 0 aromatic heterocycles. The number of piperidine rings is 1. The Balaban J connectivity index is 1.35. The number of hydrogen-bond acceptors (Lipinski definition) is 1. The average Bonchev–Trinajstić information content (AvgIpc) is 3.33. The third kappa shape index (κ3) is 4.04. The molecular weight excluding hydrogens is 498 g/mol. The van der Waals surface area contributed by atoms with E-state index in [4.69, 9.17) is 0 Å². The van der Waals surface area contributed by atoms with Crippen molar-refractivity contribution >= 4 is 21.8 Å². The maximum absolute atomic E-state index is 14.5. The molecule has 0 aliphatic carbocycles. The van der Waals surface area contributed by atoms with Gasteiger partial charge in [0.15, 0.2) is 0 Å². The highest BCUT2D eigenvalue weighted by molar-refractivity contribution is 9.10. The Bertz CT molecular complexity index is 1200. The molecule has 0 unspecified atom stereocenters. The lowest BCUT2D eigenvalue weighted by molar-refractivity contribution is -0.691. The quantitative estimate of drug-likeness (QED) is 0.536. The van der Waals surface area contributed by atoms with Crippen LogP contribution in [0.2, 0.25) is 0 Å². The molecule has 3 aromatic rings. The fourth-order valence-corrected chi connectivity index (χ4v) is 7.53. The van der Waals surface area contributed by atoms with Crippen LogP contribution in [0.1, 0.15) is 47.1 Å². The molecule has 1 spiro atoms. The summed E-state index contributed by atoms with van der Waals surface area (Å²) in [6.45, 7) is 4.65. The standard InChI is InChI=1S/C30H32BrN3O/c31-27-13-7-12-25-24(27)17-32-19-30(25)20-33-18-26(30)29(35)34-15-14-23(21-8-3-1-4-9-21)16-28(34)22-10-5-2-6-11-22/h1-13,23,26,28,32-33H,14-20H2/p+2/t23-,26+,28+,30+/m1/s1. The van der Waals surface area contributed by atoms with Gasteiger partial charge in [-0.2, -0.15) is 0 Å². The molecule has 3 aromatic carbocycles. The number of amides is 1. The first-order chi connectivity index (χ1) is 17.2. The van der Waals surface area contributed by atoms with E-state index in [1.165, 1.54) is 26.7 Å². The van der Waals surface area contributed by atoms with Crippen LogP contribution in [0.3, 0.4) is 0 Å². The third-order valence-electron chi connectivity index (χ3n) is 8.73. The van der Waals surface area contributed by atoms with Crippen molar-refractivity contribution in [1.82, 2.24) is 4.90 Å². The Morgan fingerprint density at radius 1 is 0.886 bits per heavy atom. The van der Waals surface area contributed by atoms with Crippen LogP contribution in [0.5, 0.6) is 0 Å². The molecule has 3 aliphatic rings. The number of nitrogens with two attached hydrogens (primary N) is 2. The van der Waals surface area contributed by atoms with Crippen molar-refractivity contribution in [3.8, 4) is 0 Å². The van der Waals surface area contributed by atoms with Crippen molar-refractivity contribution in [2.24, 2.45) is 5.92 Å². The van der Waals surface area contributed by atoms with Gasteiger partial charge in [0.05, 0.1) is 25.7 Å². The number of nitrogens with zero attached hydrogens (tertiary/aromatic N) is 1. The minimum absolute atomic E-state index is 0.00610. The molecule has 0 radical (unpaired) electrons. The Morgan fingerprint density at radius 3 is 2.37 bits per heavy atom. The number of carbonyl (C=O) groups is 1. The van der Waals surface area contributed by atoms with Crippen LogP contribution in [-0.2, 0) is 16.8 Å². The highest BCUT2D eigenvalue weighted by Crippen LogP contribution is 2.44. The lowest BCUT2D eigenvalue weighted by Crippen LogP contribution is -2.91. The number of rotatable bonds is 3. The Hall–Kier alpha value is -2.47. The molecule has 6 rings (SSSR count). The molecule has 3 aliphatic heterocycles. The summed E-state index contributed by atoms with van der Waals surface area (Å²) in [6.07, 6.45) is 2.01. The maximum Gasteiger partial charge on any atom is 0.233 e. The molecular formula is C30H34BrN3O+2. The molecule has 5 heteroatoms. The van der Waals surface area contributed by atoms with E-state index in [0.717, 1.165) is 45.6 Å². The van der Waals surface area contributed by atoms with Crippen molar-refractivity contribution in [2.45, 2.75) is 36.8 Å². The van der Waals surface area contributed by atoms with Crippen LogP contribution in [0.15, 0.2) is 83.3 Å². The Kier molecular flexibility index (Phi) is 6.25. The predicted octanol–water partition coefficient (Wildman–Crippen LogP) is 3.10. The summed E-state index contributed by atoms with van der Waals surface area (Å²) in [7, 11) is 0. The van der Waals surface area contributed by atoms with E-state index >= 15 is 0 Å². The number of quaternary nitrogens is 2. The monoisotopic (exact) mass is 531 g/mol. The number of benzene rings is 3. The van der Waals surface area contributed by atoms with E-state index in [1.807, 2.05) is 0 Å². The van der Waals surface area contributed by atoms with E-state index in [9.17, 15) is 4.79 Å². The molecule has 0 saturated carbocycles. The topological polar surface area (TPSA) is 53.5 Å². The Morgan fingerprint density at radius 2 is 1.60 bits per heavy atom. The van der Waals surface area contributed by atoms with Crippen molar-refractivity contribution in [2.75, 3.05) is 26.2 Å². The minimum Gasteiger partial charge on any atom is -0.345 e. The van der Waals surface area contributed by atoms with Gasteiger partial charge in [0.1, 0.15) is 17.9 Å². The van der Waals surface area contributed by atoms with E-state index in [-0.39, 0.29) is 17.4 Å². The fraction of sp³-hybridized carbons (Fsp3) is 0.367. The molecule has 2 saturated heterocycles. The molecule has 0 bridgehead atoms. The summed E-state index contributed by atoms with van der Waals surface area (Å²) in [5.74, 6) is 0.834. The number of hydrogen-bond donors (Lipinski definition) is 2. The average molecular weight is 533 g/mol. The first-order valence-electron chi connectivity index (χ1n) is 13.0. The van der Waals surface area contributed by atoms with Gasteiger partial charge in [-0.25, -0.2) is 0 Å². The molecule has 4 atom stereocenters. The van der Waals surface area contributed by atoms with Gasteiger partial charge < -0.3 is 15.5 Å². The Labute approximate surface area is 216 Å². The second kappa shape index (κ2) is 9.53. The maximum atomic E-state index is 14.5. The molecule has 2 fully saturated rings. The van der Waals surface area contributed by atoms with Gasteiger partial charge in [-0.15, -0.1) is 0 Å². The summed E-state index contributed by atoms with van der Waals surface area (Å²) in [6, 6.07) is 28.2. The van der Waals surface area contributed by atoms with Gasteiger partial charge >= 0.3 is 0 Å². The first kappa shape index (κ1) is 23.0. The van der Waals surface area contributed by atoms with Crippen molar-refractivity contribution < 1.29 is 15.4 Å². The van der Waals surface area contributed by atoms with Crippen LogP contribution in [0.4, 0.5) is 0 Å². The highest BCUT2D eigenvalue weighted by atomic mass is 79.9. The van der Waals surface area contributed by atoms with E-state index in [2.05, 4.69) is 110 Å². The zero-order valence-corrected chi connectivity index (χ0v) is 21.7. The van der Waals surface area contributed by atoms with Crippen LogP contribution in [-0.4, -0.2) is 37.0 Å². The fourth-order valence-electron chi connectivity index (χ4n) is 7.00. The second-order valence-corrected chi connectivity index (χ2v) is 11.3. The predicted molar refractivity (Wildman–Crippen MR) is 141 cm³/mol. The minimum atomic E-state index is -0.105. The lowest BCUT2D eigenvalue weighted by atomic mass is 9.68. The van der Waals surface area contributed by atoms with Crippen molar-refractivity contribution in [3.63, 3.8) is 0 Å². The number of halogens is 1. The van der Waals surface area contributed by atoms with Crippen LogP contribution in [0.25, 0.3) is 0 Å². The molecule has 180 valence electrons. The highest BCUT2D eigenvalue weighted by Gasteiger charge is 2.57.